The summed E-state index contributed by atoms with van der Waals surface area (Å²) in [6, 6.07) is 9.85. The van der Waals surface area contributed by atoms with Crippen LogP contribution in [0.25, 0.3) is 0 Å². The molecule has 0 saturated heterocycles. The molecule has 5 nitrogen and oxygen atoms in total. The van der Waals surface area contributed by atoms with Gasteiger partial charge in [0.1, 0.15) is 4.90 Å². The van der Waals surface area contributed by atoms with Crippen molar-refractivity contribution in [1.82, 2.24) is 14.5 Å². The molecule has 0 amide bonds. The molecule has 0 fully saturated rings. The first-order valence-corrected chi connectivity index (χ1v) is 8.94. The molecule has 2 rings (SSSR count). The number of hydrogen-bond acceptors (Lipinski definition) is 3. The number of nitrogens with zero attached hydrogens (tertiary/aromatic N) is 2. The van der Waals surface area contributed by atoms with Gasteiger partial charge in [-0.1, -0.05) is 44.2 Å². The second-order valence-corrected chi connectivity index (χ2v) is 7.58. The van der Waals surface area contributed by atoms with Crippen LogP contribution >= 0.6 is 0 Å². The molecule has 1 N–H and O–H groups in total. The molecule has 0 spiro atoms. The van der Waals surface area contributed by atoms with Gasteiger partial charge in [-0.2, -0.15) is 5.10 Å². The summed E-state index contributed by atoms with van der Waals surface area (Å²) >= 11 is 0. The maximum atomic E-state index is 12.3. The predicted molar refractivity (Wildman–Crippen MR) is 87.2 cm³/mol. The van der Waals surface area contributed by atoms with Crippen molar-refractivity contribution in [3.8, 4) is 0 Å². The largest absolute Gasteiger partial charge is 0.267 e. The lowest BCUT2D eigenvalue weighted by Crippen LogP contribution is -2.25. The maximum Gasteiger partial charge on any atom is 0.243 e. The van der Waals surface area contributed by atoms with Gasteiger partial charge in [0.25, 0.3) is 0 Å². The van der Waals surface area contributed by atoms with E-state index in [-0.39, 0.29) is 4.90 Å². The SMILES string of the molecule is Cc1nn(Cc2ccccc2)cc1S(=O)(=O)NCCC(C)C. The third kappa shape index (κ3) is 4.42. The van der Waals surface area contributed by atoms with E-state index in [4.69, 9.17) is 0 Å². The number of aryl methyl sites for hydroxylation is 1. The minimum absolute atomic E-state index is 0.257. The highest BCUT2D eigenvalue weighted by molar-refractivity contribution is 7.89. The minimum Gasteiger partial charge on any atom is -0.267 e. The average Bonchev–Trinajstić information content (AvgIpc) is 2.81. The van der Waals surface area contributed by atoms with Crippen LogP contribution in [0.5, 0.6) is 0 Å². The lowest BCUT2D eigenvalue weighted by molar-refractivity contribution is 0.551. The Kier molecular flexibility index (Phi) is 5.37. The van der Waals surface area contributed by atoms with E-state index in [1.165, 1.54) is 0 Å². The fourth-order valence-electron chi connectivity index (χ4n) is 2.17. The van der Waals surface area contributed by atoms with Gasteiger partial charge in [-0.05, 0) is 24.8 Å². The van der Waals surface area contributed by atoms with Gasteiger partial charge >= 0.3 is 0 Å². The molecular formula is C16H23N3O2S. The van der Waals surface area contributed by atoms with Gasteiger partial charge in [-0.15, -0.1) is 0 Å². The number of nitrogens with one attached hydrogen (secondary N) is 1. The van der Waals surface area contributed by atoms with Gasteiger partial charge in [0, 0.05) is 12.7 Å². The first-order valence-electron chi connectivity index (χ1n) is 7.46. The normalized spacial score (nSPS) is 12.0. The molecule has 0 aliphatic carbocycles. The second kappa shape index (κ2) is 7.07. The highest BCUT2D eigenvalue weighted by Gasteiger charge is 2.20. The van der Waals surface area contributed by atoms with Gasteiger partial charge in [0.2, 0.25) is 10.0 Å². The number of sulfonamides is 1. The molecule has 120 valence electrons. The van der Waals surface area contributed by atoms with Crippen molar-refractivity contribution in [3.05, 3.63) is 47.8 Å². The third-order valence-corrected chi connectivity index (χ3v) is 4.96. The van der Waals surface area contributed by atoms with Crippen LogP contribution in [0.4, 0.5) is 0 Å². The van der Waals surface area contributed by atoms with E-state index >= 15 is 0 Å². The van der Waals surface area contributed by atoms with Gasteiger partial charge in [-0.3, -0.25) is 4.68 Å². The standard InChI is InChI=1S/C16H23N3O2S/c1-13(2)9-10-17-22(20,21)16-12-19(18-14(16)3)11-15-7-5-4-6-8-15/h4-8,12-13,17H,9-11H2,1-3H3. The molecule has 2 aromatic rings. The topological polar surface area (TPSA) is 64.0 Å². The third-order valence-electron chi connectivity index (χ3n) is 3.39. The summed E-state index contributed by atoms with van der Waals surface area (Å²) in [6.45, 7) is 6.86. The molecule has 6 heteroatoms. The van der Waals surface area contributed by atoms with Crippen LogP contribution in [0.1, 0.15) is 31.5 Å². The number of rotatable bonds is 7. The first-order chi connectivity index (χ1) is 10.4. The predicted octanol–water partition coefficient (Wildman–Crippen LogP) is 2.56. The summed E-state index contributed by atoms with van der Waals surface area (Å²) in [5.74, 6) is 0.463. The lowest BCUT2D eigenvalue weighted by Gasteiger charge is -2.07. The van der Waals surface area contributed by atoms with Crippen molar-refractivity contribution in [3.63, 3.8) is 0 Å². The molecule has 0 saturated carbocycles. The van der Waals surface area contributed by atoms with Crippen molar-refractivity contribution in [2.75, 3.05) is 6.54 Å². The van der Waals surface area contributed by atoms with Gasteiger partial charge < -0.3 is 0 Å². The summed E-state index contributed by atoms with van der Waals surface area (Å²) in [4.78, 5) is 0.257. The Morgan fingerprint density at radius 2 is 1.91 bits per heavy atom. The zero-order chi connectivity index (χ0) is 16.2. The molecule has 0 aliphatic rings. The first kappa shape index (κ1) is 16.7. The van der Waals surface area contributed by atoms with Crippen LogP contribution in [0, 0.1) is 12.8 Å². The molecule has 1 heterocycles. The van der Waals surface area contributed by atoms with Crippen LogP contribution in [-0.2, 0) is 16.6 Å². The van der Waals surface area contributed by atoms with E-state index in [0.717, 1.165) is 12.0 Å². The Hall–Kier alpha value is -1.66. The Morgan fingerprint density at radius 3 is 2.55 bits per heavy atom. The molecule has 22 heavy (non-hydrogen) atoms. The molecule has 0 atom stereocenters. The summed E-state index contributed by atoms with van der Waals surface area (Å²) in [7, 11) is -3.49. The zero-order valence-electron chi connectivity index (χ0n) is 13.3. The fraction of sp³-hybridized carbons (Fsp3) is 0.438. The summed E-state index contributed by atoms with van der Waals surface area (Å²) < 4.78 is 29.0. The van der Waals surface area contributed by atoms with E-state index in [2.05, 4.69) is 23.7 Å². The second-order valence-electron chi connectivity index (χ2n) is 5.84. The Labute approximate surface area is 132 Å². The summed E-state index contributed by atoms with van der Waals surface area (Å²) in [5.41, 5.74) is 1.61. The maximum absolute atomic E-state index is 12.3. The number of hydrogen-bond donors (Lipinski definition) is 1. The van der Waals surface area contributed by atoms with E-state index in [9.17, 15) is 8.42 Å². The van der Waals surface area contributed by atoms with Crippen LogP contribution < -0.4 is 4.72 Å². The highest BCUT2D eigenvalue weighted by Crippen LogP contribution is 2.14. The summed E-state index contributed by atoms with van der Waals surface area (Å²) in [6.07, 6.45) is 2.41. The molecule has 0 bridgehead atoms. The van der Waals surface area contributed by atoms with Crippen LogP contribution in [0.3, 0.4) is 0 Å². The van der Waals surface area contributed by atoms with Crippen molar-refractivity contribution >= 4 is 10.0 Å². The Morgan fingerprint density at radius 1 is 1.23 bits per heavy atom. The quantitative estimate of drug-likeness (QED) is 0.852. The average molecular weight is 321 g/mol. The molecule has 0 radical (unpaired) electrons. The summed E-state index contributed by atoms with van der Waals surface area (Å²) in [5, 5.41) is 4.31. The Bertz CT molecular complexity index is 706. The minimum atomic E-state index is -3.49. The Balaban J connectivity index is 2.12. The fourth-order valence-corrected chi connectivity index (χ4v) is 3.41. The van der Waals surface area contributed by atoms with E-state index < -0.39 is 10.0 Å². The van der Waals surface area contributed by atoms with Gasteiger partial charge in [0.05, 0.1) is 12.2 Å². The smallest absolute Gasteiger partial charge is 0.243 e. The van der Waals surface area contributed by atoms with Crippen molar-refractivity contribution in [1.29, 1.82) is 0 Å². The van der Waals surface area contributed by atoms with Crippen molar-refractivity contribution < 1.29 is 8.42 Å². The van der Waals surface area contributed by atoms with E-state index in [0.29, 0.717) is 24.7 Å². The van der Waals surface area contributed by atoms with Crippen LogP contribution in [-0.4, -0.2) is 24.7 Å². The lowest BCUT2D eigenvalue weighted by atomic mass is 10.1. The van der Waals surface area contributed by atoms with Crippen LogP contribution in [0.2, 0.25) is 0 Å². The molecular weight excluding hydrogens is 298 g/mol. The number of benzene rings is 1. The molecule has 1 aromatic heterocycles. The van der Waals surface area contributed by atoms with Gasteiger partial charge in [-0.25, -0.2) is 13.1 Å². The highest BCUT2D eigenvalue weighted by atomic mass is 32.2. The van der Waals surface area contributed by atoms with E-state index in [1.807, 2.05) is 30.3 Å². The van der Waals surface area contributed by atoms with Crippen molar-refractivity contribution in [2.24, 2.45) is 5.92 Å². The van der Waals surface area contributed by atoms with Gasteiger partial charge in [0.15, 0.2) is 0 Å². The monoisotopic (exact) mass is 321 g/mol. The van der Waals surface area contributed by atoms with E-state index in [1.54, 1.807) is 17.8 Å². The molecule has 1 aromatic carbocycles. The zero-order valence-corrected chi connectivity index (χ0v) is 14.1. The van der Waals surface area contributed by atoms with Crippen molar-refractivity contribution in [2.45, 2.75) is 38.6 Å². The molecule has 0 unspecified atom stereocenters. The van der Waals surface area contributed by atoms with Crippen LogP contribution in [0.15, 0.2) is 41.4 Å². The number of aromatic nitrogens is 2. The molecule has 0 aliphatic heterocycles.